The van der Waals surface area contributed by atoms with Crippen LogP contribution in [0.5, 0.6) is 5.75 Å². The van der Waals surface area contributed by atoms with Crippen molar-refractivity contribution >= 4 is 27.7 Å². The Bertz CT molecular complexity index is 1010. The Labute approximate surface area is 157 Å². The first-order chi connectivity index (χ1) is 12.7. The van der Waals surface area contributed by atoms with Crippen molar-refractivity contribution in [3.63, 3.8) is 0 Å². The van der Waals surface area contributed by atoms with Gasteiger partial charge in [0.25, 0.3) is 0 Å². The molecular weight excluding hydrogens is 370 g/mol. The van der Waals surface area contributed by atoms with Crippen LogP contribution < -0.4 is 9.08 Å². The van der Waals surface area contributed by atoms with Gasteiger partial charge < -0.3 is 13.8 Å². The molecule has 0 aromatic heterocycles. The second kappa shape index (κ2) is 7.03. The van der Waals surface area contributed by atoms with E-state index in [4.69, 9.17) is 4.18 Å². The number of methoxy groups -OCH3 is 1. The van der Waals surface area contributed by atoms with E-state index >= 15 is 0 Å². The summed E-state index contributed by atoms with van der Waals surface area (Å²) >= 11 is 0. The fourth-order valence-corrected chi connectivity index (χ4v) is 4.18. The lowest BCUT2D eigenvalue weighted by atomic mass is 10.1. The van der Waals surface area contributed by atoms with E-state index in [1.54, 1.807) is 11.0 Å². The predicted molar refractivity (Wildman–Crippen MR) is 98.4 cm³/mol. The Morgan fingerprint density at radius 2 is 1.89 bits per heavy atom. The first-order valence-corrected chi connectivity index (χ1v) is 9.69. The highest BCUT2D eigenvalue weighted by Gasteiger charge is 2.30. The van der Waals surface area contributed by atoms with Gasteiger partial charge in [0, 0.05) is 18.7 Å². The van der Waals surface area contributed by atoms with Gasteiger partial charge in [0.15, 0.2) is 0 Å². The standard InChI is InChI=1S/C19H19NO6S/c1-12-9-15-11-17(7-8-18(15)20(12)13(2)21)27(23,24)26-16-6-4-5-14(10-16)19(22)25-3/h4-8,10-12H,9H2,1-3H3. The van der Waals surface area contributed by atoms with Crippen molar-refractivity contribution in [3.8, 4) is 5.75 Å². The summed E-state index contributed by atoms with van der Waals surface area (Å²) in [5, 5.41) is 0. The molecule has 2 aromatic carbocycles. The zero-order chi connectivity index (χ0) is 19.8. The Kier molecular flexibility index (Phi) is 4.93. The Morgan fingerprint density at radius 1 is 1.15 bits per heavy atom. The van der Waals surface area contributed by atoms with Crippen LogP contribution in [0.1, 0.15) is 29.8 Å². The topological polar surface area (TPSA) is 90.0 Å². The van der Waals surface area contributed by atoms with Gasteiger partial charge in [-0.1, -0.05) is 6.07 Å². The van der Waals surface area contributed by atoms with Crippen LogP contribution in [0.4, 0.5) is 5.69 Å². The van der Waals surface area contributed by atoms with Crippen LogP contribution in [0, 0.1) is 0 Å². The van der Waals surface area contributed by atoms with Crippen LogP contribution in [-0.2, 0) is 26.1 Å². The summed E-state index contributed by atoms with van der Waals surface area (Å²) in [6.45, 7) is 3.39. The molecule has 1 amide bonds. The molecule has 0 N–H and O–H groups in total. The average Bonchev–Trinajstić information content (AvgIpc) is 2.95. The van der Waals surface area contributed by atoms with Crippen molar-refractivity contribution in [1.82, 2.24) is 0 Å². The SMILES string of the molecule is COC(=O)c1cccc(OS(=O)(=O)c2ccc3c(c2)CC(C)N3C(C)=O)c1. The van der Waals surface area contributed by atoms with Crippen molar-refractivity contribution in [1.29, 1.82) is 0 Å². The molecule has 2 aromatic rings. The molecule has 3 rings (SSSR count). The molecule has 0 bridgehead atoms. The van der Waals surface area contributed by atoms with E-state index in [1.807, 2.05) is 6.92 Å². The van der Waals surface area contributed by atoms with Crippen LogP contribution in [0.15, 0.2) is 47.4 Å². The summed E-state index contributed by atoms with van der Waals surface area (Å²) in [5.74, 6) is -0.668. The lowest BCUT2D eigenvalue weighted by molar-refractivity contribution is -0.116. The first-order valence-electron chi connectivity index (χ1n) is 8.28. The summed E-state index contributed by atoms with van der Waals surface area (Å²) in [7, 11) is -2.86. The highest BCUT2D eigenvalue weighted by Crippen LogP contribution is 2.34. The molecule has 0 aliphatic carbocycles. The molecule has 7 nitrogen and oxygen atoms in total. The molecule has 27 heavy (non-hydrogen) atoms. The first kappa shape index (κ1) is 18.9. The number of fused-ring (bicyclic) bond motifs is 1. The third-order valence-electron chi connectivity index (χ3n) is 4.36. The molecule has 0 saturated heterocycles. The van der Waals surface area contributed by atoms with E-state index in [0.717, 1.165) is 5.56 Å². The minimum Gasteiger partial charge on any atom is -0.465 e. The van der Waals surface area contributed by atoms with Crippen LogP contribution in [0.3, 0.4) is 0 Å². The van der Waals surface area contributed by atoms with Crippen LogP contribution in [0.25, 0.3) is 0 Å². The van der Waals surface area contributed by atoms with E-state index in [-0.39, 0.29) is 28.2 Å². The third kappa shape index (κ3) is 3.66. The maximum absolute atomic E-state index is 12.6. The van der Waals surface area contributed by atoms with Crippen LogP contribution in [-0.4, -0.2) is 33.4 Å². The van der Waals surface area contributed by atoms with Gasteiger partial charge in [0.05, 0.1) is 12.7 Å². The number of carbonyl (C=O) groups excluding carboxylic acids is 2. The molecule has 0 radical (unpaired) electrons. The molecule has 1 unspecified atom stereocenters. The Morgan fingerprint density at radius 3 is 2.56 bits per heavy atom. The zero-order valence-electron chi connectivity index (χ0n) is 15.1. The number of hydrogen-bond donors (Lipinski definition) is 0. The summed E-state index contributed by atoms with van der Waals surface area (Å²) in [4.78, 5) is 25.0. The Hall–Kier alpha value is -2.87. The van der Waals surface area contributed by atoms with Gasteiger partial charge in [-0.15, -0.1) is 0 Å². The van der Waals surface area contributed by atoms with E-state index in [9.17, 15) is 18.0 Å². The largest absolute Gasteiger partial charge is 0.465 e. The summed E-state index contributed by atoms with van der Waals surface area (Å²) in [5.41, 5.74) is 1.66. The van der Waals surface area contributed by atoms with Crippen LogP contribution in [0.2, 0.25) is 0 Å². The van der Waals surface area contributed by atoms with Crippen molar-refractivity contribution in [2.45, 2.75) is 31.2 Å². The maximum atomic E-state index is 12.6. The number of amides is 1. The summed E-state index contributed by atoms with van der Waals surface area (Å²) < 4.78 is 35.0. The van der Waals surface area contributed by atoms with E-state index in [1.165, 1.54) is 50.4 Å². The fraction of sp³-hybridized carbons (Fsp3) is 0.263. The number of hydrogen-bond acceptors (Lipinski definition) is 6. The molecular formula is C19H19NO6S. The third-order valence-corrected chi connectivity index (χ3v) is 5.60. The quantitative estimate of drug-likeness (QED) is 0.590. The van der Waals surface area contributed by atoms with E-state index in [0.29, 0.717) is 12.1 Å². The predicted octanol–water partition coefficient (Wildman–Crippen LogP) is 2.54. The molecule has 1 aliphatic heterocycles. The van der Waals surface area contributed by atoms with Crippen molar-refractivity contribution < 1.29 is 26.9 Å². The molecule has 1 atom stereocenters. The van der Waals surface area contributed by atoms with Crippen LogP contribution >= 0.6 is 0 Å². The highest BCUT2D eigenvalue weighted by atomic mass is 32.2. The summed E-state index contributed by atoms with van der Waals surface area (Å²) in [6, 6.07) is 10.3. The minimum absolute atomic E-state index is 0.0112. The zero-order valence-corrected chi connectivity index (χ0v) is 15.9. The van der Waals surface area contributed by atoms with Crippen molar-refractivity contribution in [2.75, 3.05) is 12.0 Å². The van der Waals surface area contributed by atoms with Crippen molar-refractivity contribution in [3.05, 3.63) is 53.6 Å². The lowest BCUT2D eigenvalue weighted by Crippen LogP contribution is -2.33. The van der Waals surface area contributed by atoms with Gasteiger partial charge in [-0.05, 0) is 55.3 Å². The summed E-state index contributed by atoms with van der Waals surface area (Å²) in [6.07, 6.45) is 0.566. The monoisotopic (exact) mass is 389 g/mol. The number of ether oxygens (including phenoxy) is 1. The van der Waals surface area contributed by atoms with Gasteiger partial charge in [0.1, 0.15) is 10.6 Å². The molecule has 0 saturated carbocycles. The molecule has 1 aliphatic rings. The number of carbonyl (C=O) groups is 2. The molecule has 142 valence electrons. The molecule has 0 fully saturated rings. The minimum atomic E-state index is -4.09. The number of anilines is 1. The normalized spacial score (nSPS) is 16.0. The molecule has 8 heteroatoms. The number of esters is 1. The number of rotatable bonds is 4. The average molecular weight is 389 g/mol. The van der Waals surface area contributed by atoms with Crippen molar-refractivity contribution in [2.24, 2.45) is 0 Å². The number of nitrogens with zero attached hydrogens (tertiary/aromatic N) is 1. The second-order valence-corrected chi connectivity index (χ2v) is 7.84. The van der Waals surface area contributed by atoms with Gasteiger partial charge in [-0.2, -0.15) is 8.42 Å². The Balaban J connectivity index is 1.90. The second-order valence-electron chi connectivity index (χ2n) is 6.29. The lowest BCUT2D eigenvalue weighted by Gasteiger charge is -2.20. The molecule has 1 heterocycles. The van der Waals surface area contributed by atoms with Gasteiger partial charge in [-0.3, -0.25) is 4.79 Å². The molecule has 0 spiro atoms. The van der Waals surface area contributed by atoms with Gasteiger partial charge in [-0.25, -0.2) is 4.79 Å². The maximum Gasteiger partial charge on any atom is 0.339 e. The number of benzene rings is 2. The highest BCUT2D eigenvalue weighted by molar-refractivity contribution is 7.87. The van der Waals surface area contributed by atoms with E-state index in [2.05, 4.69) is 4.74 Å². The smallest absolute Gasteiger partial charge is 0.339 e. The fourth-order valence-electron chi connectivity index (χ4n) is 3.21. The van der Waals surface area contributed by atoms with Gasteiger partial charge in [0.2, 0.25) is 5.91 Å². The van der Waals surface area contributed by atoms with Gasteiger partial charge >= 0.3 is 16.1 Å². The van der Waals surface area contributed by atoms with E-state index < -0.39 is 16.1 Å².